The van der Waals surface area contributed by atoms with E-state index in [1.54, 1.807) is 0 Å². The van der Waals surface area contributed by atoms with E-state index in [2.05, 4.69) is 11.4 Å². The van der Waals surface area contributed by atoms with E-state index in [4.69, 9.17) is 5.11 Å². The number of urea groups is 1. The number of amides is 2. The first kappa shape index (κ1) is 15.4. The molecule has 2 aliphatic carbocycles. The quantitative estimate of drug-likeness (QED) is 0.761. The smallest absolute Gasteiger partial charge is 0.317 e. The van der Waals surface area contributed by atoms with Crippen LogP contribution in [0, 0.1) is 5.92 Å². The van der Waals surface area contributed by atoms with Crippen LogP contribution in [0.5, 0.6) is 0 Å². The van der Waals surface area contributed by atoms with Crippen molar-refractivity contribution in [2.75, 3.05) is 20.2 Å². The van der Waals surface area contributed by atoms with Gasteiger partial charge in [0.1, 0.15) is 0 Å². The number of nitrogens with one attached hydrogen (secondary N) is 1. The molecule has 20 heavy (non-hydrogen) atoms. The molecule has 1 saturated carbocycles. The third kappa shape index (κ3) is 4.23. The van der Waals surface area contributed by atoms with Gasteiger partial charge in [0, 0.05) is 26.2 Å². The van der Waals surface area contributed by atoms with Gasteiger partial charge in [-0.25, -0.2) is 4.79 Å². The minimum absolute atomic E-state index is 0.0519. The lowest BCUT2D eigenvalue weighted by molar-refractivity contribution is 0.134. The molecule has 114 valence electrons. The largest absolute Gasteiger partial charge is 0.396 e. The molecule has 2 aliphatic rings. The maximum absolute atomic E-state index is 12.1. The molecule has 4 heteroatoms. The van der Waals surface area contributed by atoms with Gasteiger partial charge in [-0.1, -0.05) is 11.6 Å². The number of hydrogen-bond donors (Lipinski definition) is 2. The Balaban J connectivity index is 1.66. The molecule has 2 amide bonds. The third-order valence-electron chi connectivity index (χ3n) is 4.80. The Kier molecular flexibility index (Phi) is 5.89. The minimum Gasteiger partial charge on any atom is -0.396 e. The Morgan fingerprint density at radius 1 is 1.40 bits per heavy atom. The number of aliphatic hydroxyl groups excluding tert-OH is 1. The van der Waals surface area contributed by atoms with Crippen molar-refractivity contribution in [1.29, 1.82) is 0 Å². The Labute approximate surface area is 122 Å². The van der Waals surface area contributed by atoms with E-state index in [0.717, 1.165) is 38.6 Å². The summed E-state index contributed by atoms with van der Waals surface area (Å²) in [6.07, 6.45) is 11.1. The summed E-state index contributed by atoms with van der Waals surface area (Å²) < 4.78 is 0. The zero-order valence-corrected chi connectivity index (χ0v) is 12.6. The maximum atomic E-state index is 12.1. The van der Waals surface area contributed by atoms with Gasteiger partial charge in [-0.3, -0.25) is 0 Å². The highest BCUT2D eigenvalue weighted by molar-refractivity contribution is 5.74. The average Bonchev–Trinajstić information content (AvgIpc) is 2.99. The molecule has 0 unspecified atom stereocenters. The van der Waals surface area contributed by atoms with Crippen molar-refractivity contribution in [3.8, 4) is 0 Å². The van der Waals surface area contributed by atoms with E-state index < -0.39 is 0 Å². The van der Waals surface area contributed by atoms with E-state index in [9.17, 15) is 4.79 Å². The van der Waals surface area contributed by atoms with Crippen LogP contribution in [0.4, 0.5) is 4.79 Å². The van der Waals surface area contributed by atoms with Crippen molar-refractivity contribution in [3.63, 3.8) is 0 Å². The monoisotopic (exact) mass is 280 g/mol. The van der Waals surface area contributed by atoms with Crippen LogP contribution in [-0.2, 0) is 0 Å². The zero-order chi connectivity index (χ0) is 14.4. The van der Waals surface area contributed by atoms with Crippen molar-refractivity contribution < 1.29 is 9.90 Å². The Bertz CT molecular complexity index is 346. The van der Waals surface area contributed by atoms with Crippen LogP contribution in [0.25, 0.3) is 0 Å². The van der Waals surface area contributed by atoms with Gasteiger partial charge in [0.25, 0.3) is 0 Å². The fourth-order valence-corrected chi connectivity index (χ4v) is 3.30. The number of carbonyl (C=O) groups excluding carboxylic acids is 1. The van der Waals surface area contributed by atoms with Crippen molar-refractivity contribution >= 4 is 6.03 Å². The minimum atomic E-state index is 0.0519. The van der Waals surface area contributed by atoms with Gasteiger partial charge in [0.05, 0.1) is 0 Å². The predicted octanol–water partition coefficient (Wildman–Crippen LogP) is 2.68. The van der Waals surface area contributed by atoms with Crippen LogP contribution in [-0.4, -0.2) is 42.3 Å². The average molecular weight is 280 g/mol. The van der Waals surface area contributed by atoms with Gasteiger partial charge in [0.2, 0.25) is 0 Å². The zero-order valence-electron chi connectivity index (χ0n) is 12.6. The number of nitrogens with zero attached hydrogens (tertiary/aromatic N) is 1. The molecule has 0 aromatic carbocycles. The molecule has 2 N–H and O–H groups in total. The second kappa shape index (κ2) is 7.67. The van der Waals surface area contributed by atoms with Crippen LogP contribution >= 0.6 is 0 Å². The molecule has 0 heterocycles. The Morgan fingerprint density at radius 2 is 2.15 bits per heavy atom. The van der Waals surface area contributed by atoms with Gasteiger partial charge < -0.3 is 15.3 Å². The Hall–Kier alpha value is -1.03. The first-order valence-corrected chi connectivity index (χ1v) is 8.00. The molecular formula is C16H28N2O2. The Morgan fingerprint density at radius 3 is 2.75 bits per heavy atom. The molecule has 4 nitrogen and oxygen atoms in total. The van der Waals surface area contributed by atoms with Crippen molar-refractivity contribution in [3.05, 3.63) is 11.6 Å². The van der Waals surface area contributed by atoms with Crippen molar-refractivity contribution in [2.24, 2.45) is 5.92 Å². The molecule has 0 aromatic heterocycles. The summed E-state index contributed by atoms with van der Waals surface area (Å²) in [7, 11) is 1.90. The first-order valence-electron chi connectivity index (χ1n) is 8.00. The second-order valence-corrected chi connectivity index (χ2v) is 6.20. The van der Waals surface area contributed by atoms with Crippen molar-refractivity contribution in [2.45, 2.75) is 57.4 Å². The molecule has 0 bridgehead atoms. The van der Waals surface area contributed by atoms with Gasteiger partial charge in [-0.15, -0.1) is 0 Å². The highest BCUT2D eigenvalue weighted by Crippen LogP contribution is 2.26. The van der Waals surface area contributed by atoms with Crippen LogP contribution < -0.4 is 5.32 Å². The van der Waals surface area contributed by atoms with Gasteiger partial charge in [0.15, 0.2) is 0 Å². The molecule has 0 spiro atoms. The number of aliphatic hydroxyl groups is 1. The molecular weight excluding hydrogens is 252 g/mol. The second-order valence-electron chi connectivity index (χ2n) is 6.20. The van der Waals surface area contributed by atoms with Crippen LogP contribution in [0.1, 0.15) is 51.4 Å². The number of carbonyl (C=O) groups is 1. The topological polar surface area (TPSA) is 52.6 Å². The predicted molar refractivity (Wildman–Crippen MR) is 80.5 cm³/mol. The number of hydrogen-bond acceptors (Lipinski definition) is 2. The SMILES string of the molecule is CN(C(=O)NCCC1=CCCC1)C1CCC(CO)CC1. The summed E-state index contributed by atoms with van der Waals surface area (Å²) in [5.41, 5.74) is 1.50. The van der Waals surface area contributed by atoms with Crippen molar-refractivity contribution in [1.82, 2.24) is 10.2 Å². The highest BCUT2D eigenvalue weighted by Gasteiger charge is 2.25. The number of allylic oxidation sites excluding steroid dienone is 1. The van der Waals surface area contributed by atoms with Gasteiger partial charge >= 0.3 is 6.03 Å². The first-order chi connectivity index (χ1) is 9.70. The normalized spacial score (nSPS) is 26.2. The van der Waals surface area contributed by atoms with E-state index in [0.29, 0.717) is 12.0 Å². The van der Waals surface area contributed by atoms with Crippen LogP contribution in [0.3, 0.4) is 0 Å². The van der Waals surface area contributed by atoms with E-state index >= 15 is 0 Å². The van der Waals surface area contributed by atoms with Gasteiger partial charge in [-0.05, 0) is 57.3 Å². The summed E-state index contributed by atoms with van der Waals surface area (Å²) in [4.78, 5) is 14.0. The fraction of sp³-hybridized carbons (Fsp3) is 0.812. The van der Waals surface area contributed by atoms with Crippen LogP contribution in [0.2, 0.25) is 0 Å². The molecule has 0 aromatic rings. The molecule has 0 saturated heterocycles. The summed E-state index contributed by atoms with van der Waals surface area (Å²) in [5, 5.41) is 12.2. The van der Waals surface area contributed by atoms with Crippen LogP contribution in [0.15, 0.2) is 11.6 Å². The molecule has 1 fully saturated rings. The van der Waals surface area contributed by atoms with E-state index in [-0.39, 0.29) is 12.6 Å². The third-order valence-corrected chi connectivity index (χ3v) is 4.80. The maximum Gasteiger partial charge on any atom is 0.317 e. The summed E-state index contributed by atoms with van der Waals surface area (Å²) >= 11 is 0. The fourth-order valence-electron chi connectivity index (χ4n) is 3.30. The molecule has 0 atom stereocenters. The molecule has 0 aliphatic heterocycles. The van der Waals surface area contributed by atoms with E-state index in [1.807, 2.05) is 11.9 Å². The summed E-state index contributed by atoms with van der Waals surface area (Å²) in [6, 6.07) is 0.388. The van der Waals surface area contributed by atoms with E-state index in [1.165, 1.54) is 24.8 Å². The lowest BCUT2D eigenvalue weighted by Crippen LogP contribution is -2.45. The summed E-state index contributed by atoms with van der Waals surface area (Å²) in [5.74, 6) is 0.442. The lowest BCUT2D eigenvalue weighted by atomic mass is 9.86. The summed E-state index contributed by atoms with van der Waals surface area (Å²) in [6.45, 7) is 1.04. The molecule has 0 radical (unpaired) electrons. The van der Waals surface area contributed by atoms with Gasteiger partial charge in [-0.2, -0.15) is 0 Å². The highest BCUT2D eigenvalue weighted by atomic mass is 16.3. The molecule has 2 rings (SSSR count). The lowest BCUT2D eigenvalue weighted by Gasteiger charge is -2.34. The standard InChI is InChI=1S/C16H28N2O2/c1-18(15-8-6-14(12-19)7-9-15)16(20)17-11-10-13-4-2-3-5-13/h4,14-15,19H,2-3,5-12H2,1H3,(H,17,20). The number of rotatable bonds is 5.